The van der Waals surface area contributed by atoms with Gasteiger partial charge in [-0.3, -0.25) is 9.88 Å². The summed E-state index contributed by atoms with van der Waals surface area (Å²) in [6, 6.07) is 11.4. The van der Waals surface area contributed by atoms with Gasteiger partial charge in [0.1, 0.15) is 0 Å². The van der Waals surface area contributed by atoms with Crippen molar-refractivity contribution in [2.45, 2.75) is 25.8 Å². The second-order valence-corrected chi connectivity index (χ2v) is 8.51. The van der Waals surface area contributed by atoms with E-state index in [1.807, 2.05) is 18.7 Å². The first kappa shape index (κ1) is 19.2. The molecule has 1 aromatic carbocycles. The van der Waals surface area contributed by atoms with Gasteiger partial charge in [0.2, 0.25) is 0 Å². The van der Waals surface area contributed by atoms with Gasteiger partial charge in [0.25, 0.3) is 0 Å². The highest BCUT2D eigenvalue weighted by atomic mass is 15.2. The summed E-state index contributed by atoms with van der Waals surface area (Å²) in [4.78, 5) is 11.9. The van der Waals surface area contributed by atoms with Gasteiger partial charge in [-0.15, -0.1) is 0 Å². The van der Waals surface area contributed by atoms with Crippen LogP contribution in [-0.2, 0) is 7.05 Å². The van der Waals surface area contributed by atoms with Crippen LogP contribution in [0.3, 0.4) is 0 Å². The number of hydrogen-bond acceptors (Lipinski definition) is 4. The Balaban J connectivity index is 1.73. The molecule has 5 rings (SSSR count). The lowest BCUT2D eigenvalue weighted by Crippen LogP contribution is -2.45. The standard InChI is InChI=1S/C25H29N5/c1-17-6-7-20-19(13-17)14-22(18(2)23-15-27-16-29(23)3)21-5-4-8-28-24(21)25(20)30-11-9-26-10-12-30/h4-8,13-16,18,25-26H,9-12H2,1-3H3. The van der Waals surface area contributed by atoms with Crippen LogP contribution in [0.5, 0.6) is 0 Å². The third kappa shape index (κ3) is 3.28. The topological polar surface area (TPSA) is 46.0 Å². The number of pyridine rings is 1. The number of aryl methyl sites for hydroxylation is 2. The van der Waals surface area contributed by atoms with E-state index in [0.717, 1.165) is 26.2 Å². The minimum atomic E-state index is 0.173. The summed E-state index contributed by atoms with van der Waals surface area (Å²) in [7, 11) is 2.07. The van der Waals surface area contributed by atoms with Gasteiger partial charge in [-0.05, 0) is 29.7 Å². The van der Waals surface area contributed by atoms with E-state index < -0.39 is 0 Å². The van der Waals surface area contributed by atoms with Crippen LogP contribution in [0.15, 0.2) is 49.1 Å². The number of nitrogens with zero attached hydrogens (tertiary/aromatic N) is 4. The van der Waals surface area contributed by atoms with Crippen LogP contribution in [-0.4, -0.2) is 45.6 Å². The summed E-state index contributed by atoms with van der Waals surface area (Å²) in [5.74, 6) is 0.218. The SMILES string of the molecule is Cc1ccc2c(c1)C=C(C(C)c1cncn1C)c1cccnc1C2N1CCNCC1. The first-order valence-corrected chi connectivity index (χ1v) is 10.8. The molecule has 0 radical (unpaired) electrons. The predicted molar refractivity (Wildman–Crippen MR) is 121 cm³/mol. The third-order valence-corrected chi connectivity index (χ3v) is 6.54. The maximum absolute atomic E-state index is 4.97. The molecule has 1 aliphatic carbocycles. The van der Waals surface area contributed by atoms with Crippen LogP contribution in [0.4, 0.5) is 0 Å². The molecule has 5 nitrogen and oxygen atoms in total. The van der Waals surface area contributed by atoms with Crippen molar-refractivity contribution in [3.63, 3.8) is 0 Å². The molecule has 2 atom stereocenters. The van der Waals surface area contributed by atoms with E-state index >= 15 is 0 Å². The van der Waals surface area contributed by atoms with Gasteiger partial charge in [0.05, 0.1) is 18.1 Å². The maximum atomic E-state index is 4.97. The number of nitrogens with one attached hydrogen (secondary N) is 1. The Hall–Kier alpha value is -2.76. The number of fused-ring (bicyclic) bond motifs is 2. The zero-order valence-corrected chi connectivity index (χ0v) is 18.0. The molecule has 3 heterocycles. The molecule has 30 heavy (non-hydrogen) atoms. The average molecular weight is 400 g/mol. The molecule has 2 aromatic heterocycles. The fraction of sp³-hybridized carbons (Fsp3) is 0.360. The van der Waals surface area contributed by atoms with E-state index in [2.05, 4.69) is 77.1 Å². The van der Waals surface area contributed by atoms with Gasteiger partial charge in [-0.25, -0.2) is 4.98 Å². The molecule has 3 aromatic rings. The lowest BCUT2D eigenvalue weighted by molar-refractivity contribution is 0.195. The van der Waals surface area contributed by atoms with Crippen molar-refractivity contribution in [3.8, 4) is 0 Å². The maximum Gasteiger partial charge on any atom is 0.0945 e. The van der Waals surface area contributed by atoms with Crippen LogP contribution in [0, 0.1) is 6.92 Å². The first-order valence-electron chi connectivity index (χ1n) is 10.8. The van der Waals surface area contributed by atoms with Crippen molar-refractivity contribution in [2.24, 2.45) is 7.05 Å². The summed E-state index contributed by atoms with van der Waals surface area (Å²) >= 11 is 0. The molecule has 5 heteroatoms. The van der Waals surface area contributed by atoms with Crippen molar-refractivity contribution in [2.75, 3.05) is 26.2 Å². The van der Waals surface area contributed by atoms with Crippen LogP contribution in [0.25, 0.3) is 11.6 Å². The van der Waals surface area contributed by atoms with Gasteiger partial charge in [0, 0.05) is 62.8 Å². The van der Waals surface area contributed by atoms with Crippen molar-refractivity contribution >= 4 is 11.6 Å². The molecule has 1 saturated heterocycles. The summed E-state index contributed by atoms with van der Waals surface area (Å²) in [6.07, 6.45) is 8.20. The lowest BCUT2D eigenvalue weighted by Gasteiger charge is -2.36. The van der Waals surface area contributed by atoms with E-state index in [-0.39, 0.29) is 12.0 Å². The number of piperazine rings is 1. The second kappa shape index (κ2) is 7.82. The minimum absolute atomic E-state index is 0.173. The Morgan fingerprint density at radius 1 is 1.17 bits per heavy atom. The average Bonchev–Trinajstić information content (AvgIpc) is 3.14. The molecule has 2 aliphatic rings. The Bertz CT molecular complexity index is 1090. The van der Waals surface area contributed by atoms with Gasteiger partial charge in [-0.1, -0.05) is 42.8 Å². The largest absolute Gasteiger partial charge is 0.337 e. The Morgan fingerprint density at radius 2 is 2.00 bits per heavy atom. The molecule has 1 aliphatic heterocycles. The summed E-state index contributed by atoms with van der Waals surface area (Å²) in [6.45, 7) is 8.55. The van der Waals surface area contributed by atoms with E-state index in [1.165, 1.54) is 39.2 Å². The monoisotopic (exact) mass is 399 g/mol. The quantitative estimate of drug-likeness (QED) is 0.728. The molecule has 2 unspecified atom stereocenters. The fourth-order valence-electron chi connectivity index (χ4n) is 4.95. The Kier molecular flexibility index (Phi) is 5.01. The number of aromatic nitrogens is 3. The number of imidazole rings is 1. The zero-order valence-electron chi connectivity index (χ0n) is 18.0. The Morgan fingerprint density at radius 3 is 2.77 bits per heavy atom. The molecule has 0 spiro atoms. The van der Waals surface area contributed by atoms with Crippen LogP contribution >= 0.6 is 0 Å². The van der Waals surface area contributed by atoms with E-state index in [4.69, 9.17) is 4.98 Å². The molecular weight excluding hydrogens is 370 g/mol. The molecule has 0 amide bonds. The molecule has 0 saturated carbocycles. The van der Waals surface area contributed by atoms with E-state index in [1.54, 1.807) is 0 Å². The van der Waals surface area contributed by atoms with Crippen LogP contribution < -0.4 is 5.32 Å². The van der Waals surface area contributed by atoms with Crippen LogP contribution in [0.1, 0.15) is 52.5 Å². The number of rotatable bonds is 3. The molecule has 154 valence electrons. The smallest absolute Gasteiger partial charge is 0.0945 e. The second-order valence-electron chi connectivity index (χ2n) is 8.51. The van der Waals surface area contributed by atoms with Crippen molar-refractivity contribution in [1.82, 2.24) is 24.8 Å². The molecule has 1 N–H and O–H groups in total. The highest BCUT2D eigenvalue weighted by Crippen LogP contribution is 2.43. The normalized spacial score (nSPS) is 20.1. The van der Waals surface area contributed by atoms with Gasteiger partial charge >= 0.3 is 0 Å². The van der Waals surface area contributed by atoms with Gasteiger partial charge in [-0.2, -0.15) is 0 Å². The zero-order chi connectivity index (χ0) is 20.7. The lowest BCUT2D eigenvalue weighted by atomic mass is 9.89. The van der Waals surface area contributed by atoms with Crippen molar-refractivity contribution in [1.29, 1.82) is 0 Å². The fourth-order valence-corrected chi connectivity index (χ4v) is 4.95. The molecule has 0 bridgehead atoms. The van der Waals surface area contributed by atoms with E-state index in [0.29, 0.717) is 0 Å². The number of benzene rings is 1. The Labute approximate surface area is 178 Å². The third-order valence-electron chi connectivity index (χ3n) is 6.54. The van der Waals surface area contributed by atoms with Crippen LogP contribution in [0.2, 0.25) is 0 Å². The highest BCUT2D eigenvalue weighted by molar-refractivity contribution is 5.88. The van der Waals surface area contributed by atoms with Gasteiger partial charge in [0.15, 0.2) is 0 Å². The summed E-state index contributed by atoms with van der Waals surface area (Å²) in [5.41, 5.74) is 8.90. The van der Waals surface area contributed by atoms with E-state index in [9.17, 15) is 0 Å². The summed E-state index contributed by atoms with van der Waals surface area (Å²) in [5, 5.41) is 3.49. The molecule has 1 fully saturated rings. The summed E-state index contributed by atoms with van der Waals surface area (Å²) < 4.78 is 2.12. The highest BCUT2D eigenvalue weighted by Gasteiger charge is 2.33. The predicted octanol–water partition coefficient (Wildman–Crippen LogP) is 3.78. The number of hydrogen-bond donors (Lipinski definition) is 1. The number of allylic oxidation sites excluding steroid dienone is 1. The van der Waals surface area contributed by atoms with Gasteiger partial charge < -0.3 is 9.88 Å². The molecular formula is C25H29N5. The minimum Gasteiger partial charge on any atom is -0.337 e. The van der Waals surface area contributed by atoms with Crippen molar-refractivity contribution < 1.29 is 0 Å². The van der Waals surface area contributed by atoms with Crippen molar-refractivity contribution in [3.05, 3.63) is 82.7 Å². The first-order chi connectivity index (χ1) is 14.6.